The average molecular weight is 204 g/mol. The van der Waals surface area contributed by atoms with E-state index in [0.717, 1.165) is 0 Å². The lowest BCUT2D eigenvalue weighted by molar-refractivity contribution is -0.159. The van der Waals surface area contributed by atoms with Gasteiger partial charge in [0.25, 0.3) is 0 Å². The second kappa shape index (κ2) is 5.98. The predicted octanol–water partition coefficient (Wildman–Crippen LogP) is 1.12. The van der Waals surface area contributed by atoms with Crippen molar-refractivity contribution in [3.05, 3.63) is 0 Å². The molecule has 1 N–H and O–H groups in total. The third kappa shape index (κ3) is 6.86. The fraction of sp³-hybridized carbons (Fsp3) is 0.900. The summed E-state index contributed by atoms with van der Waals surface area (Å²) < 4.78 is 10.2. The number of aliphatic hydroxyl groups is 1. The minimum Gasteiger partial charge on any atom is -0.461 e. The SMILES string of the molecule is CC(C)OC(=O)COC(C)(C)CCO. The number of ether oxygens (including phenoxy) is 2. The quantitative estimate of drug-likeness (QED) is 0.659. The van der Waals surface area contributed by atoms with E-state index in [1.54, 1.807) is 13.8 Å². The second-order valence-corrected chi connectivity index (χ2v) is 4.06. The molecule has 0 bridgehead atoms. The van der Waals surface area contributed by atoms with Crippen LogP contribution in [0.1, 0.15) is 34.1 Å². The number of carbonyl (C=O) groups is 1. The van der Waals surface area contributed by atoms with E-state index in [2.05, 4.69) is 0 Å². The van der Waals surface area contributed by atoms with Crippen LogP contribution in [0.25, 0.3) is 0 Å². The molecule has 0 amide bonds. The van der Waals surface area contributed by atoms with Gasteiger partial charge in [0.05, 0.1) is 11.7 Å². The molecule has 0 aromatic carbocycles. The Morgan fingerprint density at radius 3 is 2.43 bits per heavy atom. The first-order valence-corrected chi connectivity index (χ1v) is 4.81. The molecular formula is C10H20O4. The molecule has 0 spiro atoms. The maximum Gasteiger partial charge on any atom is 0.332 e. The molecule has 0 heterocycles. The Kier molecular flexibility index (Phi) is 5.72. The van der Waals surface area contributed by atoms with Gasteiger partial charge in [-0.3, -0.25) is 0 Å². The lowest BCUT2D eigenvalue weighted by Crippen LogP contribution is -2.30. The molecule has 4 heteroatoms. The summed E-state index contributed by atoms with van der Waals surface area (Å²) in [4.78, 5) is 11.1. The molecule has 0 aliphatic heterocycles. The lowest BCUT2D eigenvalue weighted by atomic mass is 10.1. The molecule has 0 aliphatic carbocycles. The number of carbonyl (C=O) groups excluding carboxylic acids is 1. The second-order valence-electron chi connectivity index (χ2n) is 4.06. The summed E-state index contributed by atoms with van der Waals surface area (Å²) >= 11 is 0. The molecule has 0 saturated carbocycles. The van der Waals surface area contributed by atoms with Crippen molar-refractivity contribution in [1.82, 2.24) is 0 Å². The van der Waals surface area contributed by atoms with Gasteiger partial charge in [-0.25, -0.2) is 4.79 Å². The summed E-state index contributed by atoms with van der Waals surface area (Å²) in [5, 5.41) is 8.72. The number of esters is 1. The highest BCUT2D eigenvalue weighted by Gasteiger charge is 2.19. The van der Waals surface area contributed by atoms with Crippen molar-refractivity contribution in [3.8, 4) is 0 Å². The topological polar surface area (TPSA) is 55.8 Å². The van der Waals surface area contributed by atoms with E-state index >= 15 is 0 Å². The maximum atomic E-state index is 11.1. The summed E-state index contributed by atoms with van der Waals surface area (Å²) in [6.45, 7) is 7.21. The monoisotopic (exact) mass is 204 g/mol. The van der Waals surface area contributed by atoms with Crippen LogP contribution in [-0.2, 0) is 14.3 Å². The van der Waals surface area contributed by atoms with Gasteiger partial charge in [-0.15, -0.1) is 0 Å². The summed E-state index contributed by atoms with van der Waals surface area (Å²) in [5.41, 5.74) is -0.481. The van der Waals surface area contributed by atoms with E-state index in [0.29, 0.717) is 6.42 Å². The smallest absolute Gasteiger partial charge is 0.332 e. The first-order chi connectivity index (χ1) is 6.37. The van der Waals surface area contributed by atoms with Crippen molar-refractivity contribution >= 4 is 5.97 Å². The highest BCUT2D eigenvalue weighted by Crippen LogP contribution is 2.13. The van der Waals surface area contributed by atoms with Crippen molar-refractivity contribution < 1.29 is 19.4 Å². The largest absolute Gasteiger partial charge is 0.461 e. The van der Waals surface area contributed by atoms with E-state index in [-0.39, 0.29) is 25.3 Å². The minimum atomic E-state index is -0.481. The molecule has 84 valence electrons. The zero-order valence-corrected chi connectivity index (χ0v) is 9.37. The van der Waals surface area contributed by atoms with Crippen LogP contribution >= 0.6 is 0 Å². The third-order valence-corrected chi connectivity index (χ3v) is 1.66. The fourth-order valence-electron chi connectivity index (χ4n) is 0.893. The van der Waals surface area contributed by atoms with Gasteiger partial charge in [-0.1, -0.05) is 0 Å². The molecule has 0 unspecified atom stereocenters. The summed E-state index contributed by atoms with van der Waals surface area (Å²) in [7, 11) is 0. The van der Waals surface area contributed by atoms with E-state index in [4.69, 9.17) is 14.6 Å². The highest BCUT2D eigenvalue weighted by molar-refractivity contribution is 5.70. The van der Waals surface area contributed by atoms with Crippen molar-refractivity contribution in [3.63, 3.8) is 0 Å². The van der Waals surface area contributed by atoms with Gasteiger partial charge >= 0.3 is 5.97 Å². The van der Waals surface area contributed by atoms with E-state index < -0.39 is 5.60 Å². The molecule has 0 aromatic heterocycles. The first kappa shape index (κ1) is 13.4. The van der Waals surface area contributed by atoms with Crippen LogP contribution in [0.3, 0.4) is 0 Å². The van der Waals surface area contributed by atoms with Crippen LogP contribution in [0.5, 0.6) is 0 Å². The Morgan fingerprint density at radius 1 is 1.43 bits per heavy atom. The lowest BCUT2D eigenvalue weighted by Gasteiger charge is -2.23. The first-order valence-electron chi connectivity index (χ1n) is 4.81. The van der Waals surface area contributed by atoms with Gasteiger partial charge in [0.15, 0.2) is 0 Å². The van der Waals surface area contributed by atoms with Crippen LogP contribution < -0.4 is 0 Å². The summed E-state index contributed by atoms with van der Waals surface area (Å²) in [6.07, 6.45) is 0.383. The normalized spacial score (nSPS) is 11.9. The molecule has 0 rings (SSSR count). The summed E-state index contributed by atoms with van der Waals surface area (Å²) in [5.74, 6) is -0.369. The third-order valence-electron chi connectivity index (χ3n) is 1.66. The van der Waals surface area contributed by atoms with Gasteiger partial charge in [0, 0.05) is 6.61 Å². The fourth-order valence-corrected chi connectivity index (χ4v) is 0.893. The van der Waals surface area contributed by atoms with Crippen molar-refractivity contribution in [2.45, 2.75) is 45.8 Å². The van der Waals surface area contributed by atoms with E-state index in [9.17, 15) is 4.79 Å². The Balaban J connectivity index is 3.75. The number of hydrogen-bond donors (Lipinski definition) is 1. The molecule has 4 nitrogen and oxygen atoms in total. The van der Waals surface area contributed by atoms with E-state index in [1.807, 2.05) is 13.8 Å². The Morgan fingerprint density at radius 2 is 2.00 bits per heavy atom. The number of hydrogen-bond acceptors (Lipinski definition) is 4. The van der Waals surface area contributed by atoms with E-state index in [1.165, 1.54) is 0 Å². The minimum absolute atomic E-state index is 0.0478. The van der Waals surface area contributed by atoms with Crippen LogP contribution in [0.4, 0.5) is 0 Å². The Bertz CT molecular complexity index is 175. The van der Waals surface area contributed by atoms with Crippen molar-refractivity contribution in [1.29, 1.82) is 0 Å². The highest BCUT2D eigenvalue weighted by atomic mass is 16.6. The van der Waals surface area contributed by atoms with Crippen LogP contribution in [0, 0.1) is 0 Å². The zero-order valence-electron chi connectivity index (χ0n) is 9.37. The van der Waals surface area contributed by atoms with Gasteiger partial charge in [0.1, 0.15) is 6.61 Å². The average Bonchev–Trinajstić information content (AvgIpc) is 2.00. The molecule has 14 heavy (non-hydrogen) atoms. The van der Waals surface area contributed by atoms with Gasteiger partial charge in [-0.2, -0.15) is 0 Å². The molecule has 0 atom stereocenters. The molecular weight excluding hydrogens is 184 g/mol. The Hall–Kier alpha value is -0.610. The van der Waals surface area contributed by atoms with Gasteiger partial charge in [0.2, 0.25) is 0 Å². The van der Waals surface area contributed by atoms with Gasteiger partial charge < -0.3 is 14.6 Å². The maximum absolute atomic E-state index is 11.1. The van der Waals surface area contributed by atoms with Crippen molar-refractivity contribution in [2.24, 2.45) is 0 Å². The summed E-state index contributed by atoms with van der Waals surface area (Å²) in [6, 6.07) is 0. The van der Waals surface area contributed by atoms with Crippen LogP contribution in [0.2, 0.25) is 0 Å². The van der Waals surface area contributed by atoms with Crippen molar-refractivity contribution in [2.75, 3.05) is 13.2 Å². The standard InChI is InChI=1S/C10H20O4/c1-8(2)14-9(12)7-13-10(3,4)5-6-11/h8,11H,5-7H2,1-4H3. The molecule has 0 radical (unpaired) electrons. The zero-order chi connectivity index (χ0) is 11.2. The van der Waals surface area contributed by atoms with Gasteiger partial charge in [-0.05, 0) is 34.1 Å². The van der Waals surface area contributed by atoms with Crippen LogP contribution in [0.15, 0.2) is 0 Å². The number of aliphatic hydroxyl groups excluding tert-OH is 1. The molecule has 0 aliphatic rings. The predicted molar refractivity (Wildman–Crippen MR) is 53.0 cm³/mol. The van der Waals surface area contributed by atoms with Crippen LogP contribution in [-0.4, -0.2) is 36.0 Å². The molecule has 0 aromatic rings. The molecule has 0 saturated heterocycles. The number of rotatable bonds is 6. The Labute approximate surface area is 85.2 Å². The molecule has 0 fully saturated rings.